The van der Waals surface area contributed by atoms with Crippen molar-refractivity contribution in [1.82, 2.24) is 5.06 Å². The Bertz CT molecular complexity index is 443. The van der Waals surface area contributed by atoms with E-state index in [2.05, 4.69) is 0 Å². The van der Waals surface area contributed by atoms with Gasteiger partial charge in [0.15, 0.2) is 6.23 Å². The minimum atomic E-state index is -0.378. The number of hydrogen-bond donors (Lipinski definition) is 0. The summed E-state index contributed by atoms with van der Waals surface area (Å²) in [6, 6.07) is 7.23. The van der Waals surface area contributed by atoms with Crippen LogP contribution in [0.2, 0.25) is 0 Å². The molecule has 0 bridgehead atoms. The van der Waals surface area contributed by atoms with Gasteiger partial charge >= 0.3 is 5.97 Å². The van der Waals surface area contributed by atoms with Crippen LogP contribution in [-0.4, -0.2) is 31.3 Å². The monoisotopic (exact) mass is 265 g/mol. The van der Waals surface area contributed by atoms with E-state index in [0.29, 0.717) is 0 Å². The van der Waals surface area contributed by atoms with Crippen LogP contribution in [0.5, 0.6) is 5.75 Å². The first-order valence-corrected chi connectivity index (χ1v) is 6.25. The van der Waals surface area contributed by atoms with Crippen LogP contribution in [0.1, 0.15) is 25.6 Å². The number of carbonyl (C=O) groups excluding carboxylic acids is 1. The standard InChI is InChI=1S/C14H19NO4/c1-9(2)12(14(16)18-4)15-13(19-15)10-5-7-11(17-3)8-6-10/h5-9,12-13H,1-4H3/t12-,13?,15?/m0/s1. The molecule has 1 heterocycles. The van der Waals surface area contributed by atoms with Gasteiger partial charge in [0.1, 0.15) is 11.8 Å². The predicted molar refractivity (Wildman–Crippen MR) is 69.3 cm³/mol. The molecule has 0 aliphatic carbocycles. The Labute approximate surface area is 113 Å². The van der Waals surface area contributed by atoms with Crippen LogP contribution in [0.4, 0.5) is 0 Å². The minimum Gasteiger partial charge on any atom is -0.497 e. The average molecular weight is 265 g/mol. The molecular formula is C14H19NO4. The van der Waals surface area contributed by atoms with Crippen molar-refractivity contribution in [3.8, 4) is 5.75 Å². The molecule has 1 aliphatic rings. The fourth-order valence-electron chi connectivity index (χ4n) is 2.07. The third-order valence-corrected chi connectivity index (χ3v) is 3.16. The molecule has 19 heavy (non-hydrogen) atoms. The van der Waals surface area contributed by atoms with Crippen molar-refractivity contribution < 1.29 is 19.1 Å². The SMILES string of the molecule is COC(=O)[C@H](C(C)C)N1OC1c1ccc(OC)cc1. The van der Waals surface area contributed by atoms with Gasteiger partial charge in [-0.1, -0.05) is 26.0 Å². The normalized spacial score (nSPS) is 23.0. The molecular weight excluding hydrogens is 246 g/mol. The van der Waals surface area contributed by atoms with E-state index in [1.807, 2.05) is 38.1 Å². The van der Waals surface area contributed by atoms with E-state index in [4.69, 9.17) is 14.3 Å². The molecule has 5 nitrogen and oxygen atoms in total. The number of methoxy groups -OCH3 is 2. The lowest BCUT2D eigenvalue weighted by Crippen LogP contribution is -2.35. The van der Waals surface area contributed by atoms with Gasteiger partial charge in [0.25, 0.3) is 0 Å². The molecule has 5 heteroatoms. The molecule has 1 saturated heterocycles. The Morgan fingerprint density at radius 1 is 1.26 bits per heavy atom. The molecule has 3 atom stereocenters. The van der Waals surface area contributed by atoms with E-state index in [0.717, 1.165) is 11.3 Å². The zero-order chi connectivity index (χ0) is 14.0. The second-order valence-electron chi connectivity index (χ2n) is 4.80. The van der Waals surface area contributed by atoms with Crippen LogP contribution in [0, 0.1) is 5.92 Å². The van der Waals surface area contributed by atoms with Crippen molar-refractivity contribution in [3.63, 3.8) is 0 Å². The van der Waals surface area contributed by atoms with Crippen molar-refractivity contribution in [2.75, 3.05) is 14.2 Å². The number of rotatable bonds is 5. The quantitative estimate of drug-likeness (QED) is 0.603. The summed E-state index contributed by atoms with van der Waals surface area (Å²) < 4.78 is 9.92. The second kappa shape index (κ2) is 5.59. The zero-order valence-corrected chi connectivity index (χ0v) is 11.6. The number of carbonyl (C=O) groups is 1. The van der Waals surface area contributed by atoms with Crippen molar-refractivity contribution in [3.05, 3.63) is 29.8 Å². The van der Waals surface area contributed by atoms with E-state index < -0.39 is 0 Å². The molecule has 0 N–H and O–H groups in total. The lowest BCUT2D eigenvalue weighted by Gasteiger charge is -2.17. The number of hydrogen-bond acceptors (Lipinski definition) is 5. The maximum Gasteiger partial charge on any atom is 0.325 e. The minimum absolute atomic E-state index is 0.121. The Morgan fingerprint density at radius 2 is 1.89 bits per heavy atom. The molecule has 104 valence electrons. The van der Waals surface area contributed by atoms with E-state index in [1.165, 1.54) is 7.11 Å². The molecule has 1 aromatic carbocycles. The second-order valence-corrected chi connectivity index (χ2v) is 4.80. The molecule has 2 unspecified atom stereocenters. The van der Waals surface area contributed by atoms with Gasteiger partial charge in [-0.25, -0.2) is 0 Å². The highest BCUT2D eigenvalue weighted by Crippen LogP contribution is 2.41. The molecule has 0 aromatic heterocycles. The highest BCUT2D eigenvalue weighted by Gasteiger charge is 2.48. The lowest BCUT2D eigenvalue weighted by atomic mass is 10.0. The largest absolute Gasteiger partial charge is 0.497 e. The summed E-state index contributed by atoms with van der Waals surface area (Å²) in [5.41, 5.74) is 0.996. The van der Waals surface area contributed by atoms with E-state index in [-0.39, 0.29) is 24.2 Å². The van der Waals surface area contributed by atoms with E-state index in [1.54, 1.807) is 12.2 Å². The first-order chi connectivity index (χ1) is 9.08. The number of benzene rings is 1. The first kappa shape index (κ1) is 13.8. The molecule has 0 radical (unpaired) electrons. The Hall–Kier alpha value is -1.59. The Balaban J connectivity index is 2.07. The van der Waals surface area contributed by atoms with E-state index >= 15 is 0 Å². The highest BCUT2D eigenvalue weighted by atomic mass is 16.8. The molecule has 1 fully saturated rings. The third-order valence-electron chi connectivity index (χ3n) is 3.16. The van der Waals surface area contributed by atoms with Gasteiger partial charge in [-0.05, 0) is 23.6 Å². The van der Waals surface area contributed by atoms with Crippen LogP contribution in [-0.2, 0) is 14.4 Å². The fourth-order valence-corrected chi connectivity index (χ4v) is 2.07. The van der Waals surface area contributed by atoms with Gasteiger partial charge in [0.05, 0.1) is 14.2 Å². The molecule has 0 spiro atoms. The van der Waals surface area contributed by atoms with Gasteiger partial charge in [0.2, 0.25) is 0 Å². The summed E-state index contributed by atoms with van der Waals surface area (Å²) in [6.45, 7) is 3.93. The Morgan fingerprint density at radius 3 is 2.37 bits per heavy atom. The summed E-state index contributed by atoms with van der Waals surface area (Å²) in [4.78, 5) is 17.3. The van der Waals surface area contributed by atoms with Crippen molar-refractivity contribution in [1.29, 1.82) is 0 Å². The maximum atomic E-state index is 11.7. The summed E-state index contributed by atoms with van der Waals surface area (Å²) in [7, 11) is 3.02. The van der Waals surface area contributed by atoms with Gasteiger partial charge in [-0.2, -0.15) is 0 Å². The smallest absolute Gasteiger partial charge is 0.325 e. The zero-order valence-electron chi connectivity index (χ0n) is 11.6. The maximum absolute atomic E-state index is 11.7. The van der Waals surface area contributed by atoms with Crippen molar-refractivity contribution >= 4 is 5.97 Å². The average Bonchev–Trinajstić information content (AvgIpc) is 3.18. The van der Waals surface area contributed by atoms with Gasteiger partial charge in [0, 0.05) is 0 Å². The fraction of sp³-hybridized carbons (Fsp3) is 0.500. The Kier molecular flexibility index (Phi) is 4.07. The van der Waals surface area contributed by atoms with Crippen LogP contribution in [0.25, 0.3) is 0 Å². The van der Waals surface area contributed by atoms with Crippen LogP contribution in [0.3, 0.4) is 0 Å². The molecule has 1 aliphatic heterocycles. The van der Waals surface area contributed by atoms with Gasteiger partial charge in [-0.15, -0.1) is 5.06 Å². The third kappa shape index (κ3) is 2.88. The van der Waals surface area contributed by atoms with Gasteiger partial charge < -0.3 is 9.47 Å². The number of hydroxylamine groups is 2. The molecule has 0 amide bonds. The molecule has 0 saturated carbocycles. The van der Waals surface area contributed by atoms with Crippen LogP contribution in [0.15, 0.2) is 24.3 Å². The lowest BCUT2D eigenvalue weighted by molar-refractivity contribution is -0.149. The van der Waals surface area contributed by atoms with Gasteiger partial charge in [-0.3, -0.25) is 9.63 Å². The topological polar surface area (TPSA) is 51.1 Å². The summed E-state index contributed by atoms with van der Waals surface area (Å²) in [6.07, 6.45) is -0.183. The first-order valence-electron chi connectivity index (χ1n) is 6.25. The van der Waals surface area contributed by atoms with E-state index in [9.17, 15) is 4.79 Å². The summed E-state index contributed by atoms with van der Waals surface area (Å²) in [5, 5.41) is 1.68. The number of ether oxygens (including phenoxy) is 2. The highest BCUT2D eigenvalue weighted by molar-refractivity contribution is 5.76. The van der Waals surface area contributed by atoms with Crippen molar-refractivity contribution in [2.45, 2.75) is 26.1 Å². The molecule has 2 rings (SSSR count). The summed E-state index contributed by atoms with van der Waals surface area (Å²) >= 11 is 0. The van der Waals surface area contributed by atoms with Crippen LogP contribution >= 0.6 is 0 Å². The summed E-state index contributed by atoms with van der Waals surface area (Å²) in [5.74, 6) is 0.644. The predicted octanol–water partition coefficient (Wildman–Crippen LogP) is 2.14. The van der Waals surface area contributed by atoms with Crippen molar-refractivity contribution in [2.24, 2.45) is 5.92 Å². The number of esters is 1. The van der Waals surface area contributed by atoms with Crippen LogP contribution < -0.4 is 4.74 Å². The molecule has 1 aromatic rings. The number of nitrogens with zero attached hydrogens (tertiary/aromatic N) is 1.